The van der Waals surface area contributed by atoms with Gasteiger partial charge in [-0.05, 0) is 22.0 Å². The van der Waals surface area contributed by atoms with Crippen molar-refractivity contribution in [3.63, 3.8) is 0 Å². The van der Waals surface area contributed by atoms with Gasteiger partial charge in [-0.3, -0.25) is 0 Å². The van der Waals surface area contributed by atoms with Crippen LogP contribution in [0.1, 0.15) is 11.7 Å². The number of ether oxygens (including phenoxy) is 1. The topological polar surface area (TPSA) is 66.8 Å². The zero-order chi connectivity index (χ0) is 12.5. The highest BCUT2D eigenvalue weighted by Gasteiger charge is 2.28. The summed E-state index contributed by atoms with van der Waals surface area (Å²) in [5, 5.41) is 18.6. The second-order valence-corrected chi connectivity index (χ2v) is 3.70. The molecule has 0 amide bonds. The van der Waals surface area contributed by atoms with E-state index in [9.17, 15) is 23.8 Å². The van der Waals surface area contributed by atoms with Gasteiger partial charge in [0.05, 0.1) is 17.1 Å². The normalized spacial score (nSPS) is 12.3. The summed E-state index contributed by atoms with van der Waals surface area (Å²) in [4.78, 5) is 11.0. The van der Waals surface area contributed by atoms with Crippen molar-refractivity contribution in [1.29, 1.82) is 0 Å². The van der Waals surface area contributed by atoms with Gasteiger partial charge in [0.2, 0.25) is 0 Å². The van der Waals surface area contributed by atoms with Crippen LogP contribution in [-0.4, -0.2) is 23.3 Å². The molecular formula is C9H7BrF2O4. The molecule has 4 nitrogen and oxygen atoms in total. The standard InChI is InChI=1S/C9H7BrF2O4/c1-16-9(15)8(14)5-6(12)3(10)2-4(11)7(5)13/h2,8,13-14H,1H3. The summed E-state index contributed by atoms with van der Waals surface area (Å²) in [6, 6.07) is 0.679. The van der Waals surface area contributed by atoms with Crippen LogP contribution in [0.5, 0.6) is 5.75 Å². The van der Waals surface area contributed by atoms with Crippen LogP contribution in [0.2, 0.25) is 0 Å². The molecule has 0 heterocycles. The van der Waals surface area contributed by atoms with Crippen LogP contribution in [0.4, 0.5) is 8.78 Å². The number of hydrogen-bond donors (Lipinski definition) is 2. The molecule has 0 radical (unpaired) electrons. The largest absolute Gasteiger partial charge is 0.504 e. The van der Waals surface area contributed by atoms with Gasteiger partial charge in [-0.25, -0.2) is 13.6 Å². The second-order valence-electron chi connectivity index (χ2n) is 2.84. The SMILES string of the molecule is COC(=O)C(O)c1c(O)c(F)cc(Br)c1F. The van der Waals surface area contributed by atoms with E-state index in [1.807, 2.05) is 0 Å². The summed E-state index contributed by atoms with van der Waals surface area (Å²) in [5.41, 5.74) is -0.862. The molecule has 16 heavy (non-hydrogen) atoms. The quantitative estimate of drug-likeness (QED) is 0.643. The smallest absolute Gasteiger partial charge is 0.339 e. The van der Waals surface area contributed by atoms with E-state index in [2.05, 4.69) is 20.7 Å². The number of hydrogen-bond acceptors (Lipinski definition) is 4. The number of phenolic OH excluding ortho intramolecular Hbond substituents is 1. The molecule has 1 rings (SSSR count). The molecule has 0 aromatic heterocycles. The summed E-state index contributed by atoms with van der Waals surface area (Å²) < 4.78 is 30.3. The summed E-state index contributed by atoms with van der Waals surface area (Å²) in [6.07, 6.45) is -2.09. The monoisotopic (exact) mass is 296 g/mol. The Morgan fingerprint density at radius 3 is 2.62 bits per heavy atom. The Bertz CT molecular complexity index is 410. The molecule has 0 bridgehead atoms. The number of carbonyl (C=O) groups excluding carboxylic acids is 1. The number of aliphatic hydroxyl groups is 1. The van der Waals surface area contributed by atoms with E-state index in [0.717, 1.165) is 7.11 Å². The number of aliphatic hydroxyl groups excluding tert-OH is 1. The average molecular weight is 297 g/mol. The Morgan fingerprint density at radius 2 is 2.12 bits per heavy atom. The number of phenols is 1. The average Bonchev–Trinajstić information content (AvgIpc) is 2.25. The van der Waals surface area contributed by atoms with Crippen LogP contribution in [0, 0.1) is 11.6 Å². The van der Waals surface area contributed by atoms with Crippen molar-refractivity contribution in [2.45, 2.75) is 6.10 Å². The molecule has 7 heteroatoms. The predicted molar refractivity (Wildman–Crippen MR) is 52.7 cm³/mol. The zero-order valence-electron chi connectivity index (χ0n) is 8.00. The Morgan fingerprint density at radius 1 is 1.56 bits per heavy atom. The molecule has 0 aliphatic heterocycles. The van der Waals surface area contributed by atoms with Gasteiger partial charge >= 0.3 is 5.97 Å². The minimum Gasteiger partial charge on any atom is -0.504 e. The highest BCUT2D eigenvalue weighted by atomic mass is 79.9. The van der Waals surface area contributed by atoms with E-state index >= 15 is 0 Å². The molecule has 0 saturated heterocycles. The van der Waals surface area contributed by atoms with E-state index in [0.29, 0.717) is 6.07 Å². The molecule has 1 aromatic rings. The predicted octanol–water partition coefficient (Wildman–Crippen LogP) is 1.64. The van der Waals surface area contributed by atoms with Gasteiger partial charge in [-0.1, -0.05) is 0 Å². The number of esters is 1. The van der Waals surface area contributed by atoms with Crippen LogP contribution in [0.25, 0.3) is 0 Å². The number of benzene rings is 1. The van der Waals surface area contributed by atoms with Crippen LogP contribution in [0.3, 0.4) is 0 Å². The Kier molecular flexibility index (Phi) is 3.82. The van der Waals surface area contributed by atoms with E-state index in [1.165, 1.54) is 0 Å². The fraction of sp³-hybridized carbons (Fsp3) is 0.222. The summed E-state index contributed by atoms with van der Waals surface area (Å²) >= 11 is 2.68. The van der Waals surface area contributed by atoms with Crippen LogP contribution in [0.15, 0.2) is 10.5 Å². The van der Waals surface area contributed by atoms with E-state index < -0.39 is 35.0 Å². The first kappa shape index (κ1) is 12.9. The van der Waals surface area contributed by atoms with Crippen molar-refractivity contribution in [2.75, 3.05) is 7.11 Å². The molecule has 0 saturated carbocycles. The highest BCUT2D eigenvalue weighted by Crippen LogP contribution is 2.34. The molecule has 1 atom stereocenters. The number of rotatable bonds is 2. The van der Waals surface area contributed by atoms with Crippen molar-refractivity contribution in [1.82, 2.24) is 0 Å². The molecule has 1 unspecified atom stereocenters. The summed E-state index contributed by atoms with van der Waals surface area (Å²) in [6.45, 7) is 0. The van der Waals surface area contributed by atoms with Crippen molar-refractivity contribution in [3.05, 3.63) is 27.7 Å². The number of aromatic hydroxyl groups is 1. The fourth-order valence-corrected chi connectivity index (χ4v) is 1.50. The zero-order valence-corrected chi connectivity index (χ0v) is 9.59. The maximum absolute atomic E-state index is 13.4. The van der Waals surface area contributed by atoms with E-state index in [4.69, 9.17) is 0 Å². The van der Waals surface area contributed by atoms with Crippen LogP contribution < -0.4 is 0 Å². The van der Waals surface area contributed by atoms with E-state index in [1.54, 1.807) is 0 Å². The van der Waals surface area contributed by atoms with Crippen molar-refractivity contribution < 1.29 is 28.5 Å². The molecular weight excluding hydrogens is 290 g/mol. The molecule has 2 N–H and O–H groups in total. The maximum atomic E-state index is 13.4. The first-order valence-corrected chi connectivity index (χ1v) is 4.81. The second kappa shape index (κ2) is 4.75. The third-order valence-electron chi connectivity index (χ3n) is 1.88. The van der Waals surface area contributed by atoms with Crippen LogP contribution in [-0.2, 0) is 9.53 Å². The lowest BCUT2D eigenvalue weighted by atomic mass is 10.1. The highest BCUT2D eigenvalue weighted by molar-refractivity contribution is 9.10. The van der Waals surface area contributed by atoms with Crippen molar-refractivity contribution in [3.8, 4) is 5.75 Å². The Hall–Kier alpha value is -1.21. The molecule has 0 aliphatic rings. The fourth-order valence-electron chi connectivity index (χ4n) is 1.08. The lowest BCUT2D eigenvalue weighted by Gasteiger charge is -2.12. The maximum Gasteiger partial charge on any atom is 0.339 e. The molecule has 0 aliphatic carbocycles. The molecule has 1 aromatic carbocycles. The molecule has 0 fully saturated rings. The lowest BCUT2D eigenvalue weighted by Crippen LogP contribution is -2.15. The number of halogens is 3. The van der Waals surface area contributed by atoms with Gasteiger partial charge in [0.15, 0.2) is 17.7 Å². The van der Waals surface area contributed by atoms with Gasteiger partial charge in [-0.2, -0.15) is 0 Å². The van der Waals surface area contributed by atoms with Crippen LogP contribution >= 0.6 is 15.9 Å². The lowest BCUT2D eigenvalue weighted by molar-refractivity contribution is -0.151. The minimum absolute atomic E-state index is 0.319. The van der Waals surface area contributed by atoms with Gasteiger partial charge in [0.25, 0.3) is 0 Å². The minimum atomic E-state index is -2.09. The van der Waals surface area contributed by atoms with Gasteiger partial charge in [-0.15, -0.1) is 0 Å². The van der Waals surface area contributed by atoms with Gasteiger partial charge in [0.1, 0.15) is 5.82 Å². The van der Waals surface area contributed by atoms with E-state index in [-0.39, 0.29) is 4.47 Å². The Balaban J connectivity index is 3.37. The Labute approximate surface area is 97.6 Å². The number of methoxy groups -OCH3 is 1. The van der Waals surface area contributed by atoms with Gasteiger partial charge in [0, 0.05) is 0 Å². The third-order valence-corrected chi connectivity index (χ3v) is 2.46. The van der Waals surface area contributed by atoms with Gasteiger partial charge < -0.3 is 14.9 Å². The third kappa shape index (κ3) is 2.14. The summed E-state index contributed by atoms with van der Waals surface area (Å²) in [5.74, 6) is -4.62. The number of carbonyl (C=O) groups is 1. The summed E-state index contributed by atoms with van der Waals surface area (Å²) in [7, 11) is 0.967. The first-order valence-electron chi connectivity index (χ1n) is 4.02. The van der Waals surface area contributed by atoms with Crippen molar-refractivity contribution in [2.24, 2.45) is 0 Å². The first-order chi connectivity index (χ1) is 7.40. The molecule has 0 spiro atoms. The molecule has 88 valence electrons. The van der Waals surface area contributed by atoms with Crippen molar-refractivity contribution >= 4 is 21.9 Å².